The Hall–Kier alpha value is -0.350. The second-order valence-electron chi connectivity index (χ2n) is 2.90. The normalized spacial score (nSPS) is 10.3. The molecule has 1 aromatic rings. The highest BCUT2D eigenvalue weighted by Gasteiger charge is 2.06. The molecule has 0 radical (unpaired) electrons. The van der Waals surface area contributed by atoms with Gasteiger partial charge in [0.05, 0.1) is 0 Å². The molecular weight excluding hydrogens is 252 g/mol. The lowest BCUT2D eigenvalue weighted by Gasteiger charge is -1.96. The zero-order valence-electron chi connectivity index (χ0n) is 7.34. The molecule has 0 aliphatic rings. The van der Waals surface area contributed by atoms with E-state index in [1.54, 1.807) is 11.3 Å². The highest BCUT2D eigenvalue weighted by atomic mass is 79.9. The number of thiophene rings is 1. The first-order valence-electron chi connectivity index (χ1n) is 4.05. The Labute approximate surface area is 89.7 Å². The fourth-order valence-electron chi connectivity index (χ4n) is 1.05. The molecule has 1 heterocycles. The molecule has 0 bridgehead atoms. The van der Waals surface area contributed by atoms with Crippen molar-refractivity contribution in [1.82, 2.24) is 0 Å². The Morgan fingerprint density at radius 3 is 2.85 bits per heavy atom. The molecular formula is C9H11BrO2S. The molecule has 0 aromatic carbocycles. The van der Waals surface area contributed by atoms with Gasteiger partial charge in [-0.15, -0.1) is 11.3 Å². The Morgan fingerprint density at radius 1 is 1.69 bits per heavy atom. The topological polar surface area (TPSA) is 37.3 Å². The van der Waals surface area contributed by atoms with Gasteiger partial charge in [-0.2, -0.15) is 0 Å². The summed E-state index contributed by atoms with van der Waals surface area (Å²) in [6.45, 7) is 2.04. The molecule has 2 nitrogen and oxygen atoms in total. The van der Waals surface area contributed by atoms with Crippen molar-refractivity contribution in [1.29, 1.82) is 0 Å². The summed E-state index contributed by atoms with van der Waals surface area (Å²) >= 11 is 5.17. The molecule has 4 heteroatoms. The minimum Gasteiger partial charge on any atom is -0.481 e. The molecule has 0 unspecified atom stereocenters. The van der Waals surface area contributed by atoms with E-state index in [2.05, 4.69) is 21.3 Å². The van der Waals surface area contributed by atoms with Crippen LogP contribution in [0.3, 0.4) is 0 Å². The number of rotatable bonds is 4. The van der Waals surface area contributed by atoms with Crippen LogP contribution in [0.1, 0.15) is 23.3 Å². The van der Waals surface area contributed by atoms with Crippen molar-refractivity contribution < 1.29 is 9.90 Å². The smallest absolute Gasteiger partial charge is 0.303 e. The van der Waals surface area contributed by atoms with Gasteiger partial charge in [0.1, 0.15) is 0 Å². The van der Waals surface area contributed by atoms with E-state index in [0.717, 1.165) is 10.9 Å². The summed E-state index contributed by atoms with van der Waals surface area (Å²) in [5.74, 6) is -0.718. The van der Waals surface area contributed by atoms with Crippen molar-refractivity contribution in [3.05, 3.63) is 20.3 Å². The van der Waals surface area contributed by atoms with Crippen molar-refractivity contribution in [2.45, 2.75) is 26.2 Å². The highest BCUT2D eigenvalue weighted by molar-refractivity contribution is 9.10. The van der Waals surface area contributed by atoms with Crippen molar-refractivity contribution in [2.75, 3.05) is 0 Å². The molecule has 0 fully saturated rings. The van der Waals surface area contributed by atoms with Gasteiger partial charge in [0, 0.05) is 15.8 Å². The molecule has 0 amide bonds. The van der Waals surface area contributed by atoms with Crippen LogP contribution < -0.4 is 0 Å². The molecule has 1 rings (SSSR count). The van der Waals surface area contributed by atoms with Crippen LogP contribution in [0.2, 0.25) is 0 Å². The number of carbonyl (C=O) groups is 1. The molecule has 72 valence electrons. The van der Waals surface area contributed by atoms with E-state index >= 15 is 0 Å². The van der Waals surface area contributed by atoms with Crippen LogP contribution >= 0.6 is 27.3 Å². The van der Waals surface area contributed by atoms with Gasteiger partial charge >= 0.3 is 5.97 Å². The maximum Gasteiger partial charge on any atom is 0.303 e. The summed E-state index contributed by atoms with van der Waals surface area (Å²) in [7, 11) is 0. The standard InChI is InChI=1S/C9H11BrO2S/c1-6-5-13-7(9(6)10)3-2-4-8(11)12/h5H,2-4H2,1H3,(H,11,12). The minimum atomic E-state index is -0.718. The maximum absolute atomic E-state index is 10.3. The third-order valence-corrected chi connectivity index (χ3v) is 4.29. The number of hydrogen-bond donors (Lipinski definition) is 1. The van der Waals surface area contributed by atoms with Crippen molar-refractivity contribution >= 4 is 33.2 Å². The van der Waals surface area contributed by atoms with Crippen LogP contribution in [0.4, 0.5) is 0 Å². The summed E-state index contributed by atoms with van der Waals surface area (Å²) in [5, 5.41) is 10.5. The van der Waals surface area contributed by atoms with Gasteiger partial charge in [0.2, 0.25) is 0 Å². The summed E-state index contributed by atoms with van der Waals surface area (Å²) in [6, 6.07) is 0. The molecule has 1 N–H and O–H groups in total. The minimum absolute atomic E-state index is 0.253. The molecule has 1 aromatic heterocycles. The summed E-state index contributed by atoms with van der Waals surface area (Å²) in [5.41, 5.74) is 1.23. The van der Waals surface area contributed by atoms with E-state index in [0.29, 0.717) is 6.42 Å². The molecule has 0 atom stereocenters. The Balaban J connectivity index is 2.45. The second kappa shape index (κ2) is 4.77. The number of carboxylic acid groups (broad SMARTS) is 1. The van der Waals surface area contributed by atoms with Gasteiger partial charge in [-0.05, 0) is 46.6 Å². The molecule has 13 heavy (non-hydrogen) atoms. The van der Waals surface area contributed by atoms with Gasteiger partial charge in [-0.1, -0.05) is 0 Å². The summed E-state index contributed by atoms with van der Waals surface area (Å²) in [6.07, 6.45) is 1.82. The lowest BCUT2D eigenvalue weighted by atomic mass is 10.2. The second-order valence-corrected chi connectivity index (χ2v) is 4.66. The van der Waals surface area contributed by atoms with E-state index < -0.39 is 5.97 Å². The van der Waals surface area contributed by atoms with Gasteiger partial charge in [0.15, 0.2) is 0 Å². The van der Waals surface area contributed by atoms with Crippen LogP contribution in [0.15, 0.2) is 9.85 Å². The first kappa shape index (κ1) is 10.7. The first-order chi connectivity index (χ1) is 6.11. The number of hydrogen-bond acceptors (Lipinski definition) is 2. The van der Waals surface area contributed by atoms with Gasteiger partial charge in [-0.3, -0.25) is 4.79 Å². The monoisotopic (exact) mass is 262 g/mol. The zero-order valence-corrected chi connectivity index (χ0v) is 9.74. The predicted octanol–water partition coefficient (Wildman–Crippen LogP) is 3.23. The predicted molar refractivity (Wildman–Crippen MR) is 57.3 cm³/mol. The van der Waals surface area contributed by atoms with Crippen molar-refractivity contribution in [3.8, 4) is 0 Å². The van der Waals surface area contributed by atoms with E-state index in [4.69, 9.17) is 5.11 Å². The summed E-state index contributed by atoms with van der Waals surface area (Å²) in [4.78, 5) is 11.5. The van der Waals surface area contributed by atoms with E-state index in [9.17, 15) is 4.79 Å². The summed E-state index contributed by atoms with van der Waals surface area (Å²) < 4.78 is 1.14. The van der Waals surface area contributed by atoms with Crippen LogP contribution in [-0.2, 0) is 11.2 Å². The third-order valence-electron chi connectivity index (χ3n) is 1.76. The average molecular weight is 263 g/mol. The number of carboxylic acids is 1. The van der Waals surface area contributed by atoms with E-state index in [1.807, 2.05) is 6.92 Å². The third kappa shape index (κ3) is 3.12. The average Bonchev–Trinajstić information content (AvgIpc) is 2.35. The zero-order chi connectivity index (χ0) is 9.84. The molecule has 0 aliphatic carbocycles. The number of aliphatic carboxylic acids is 1. The largest absolute Gasteiger partial charge is 0.481 e. The number of aryl methyl sites for hydroxylation is 2. The quantitative estimate of drug-likeness (QED) is 0.905. The molecule has 0 spiro atoms. The van der Waals surface area contributed by atoms with Gasteiger partial charge < -0.3 is 5.11 Å². The van der Waals surface area contributed by atoms with Crippen LogP contribution in [0.25, 0.3) is 0 Å². The Kier molecular flexibility index (Phi) is 3.93. The lowest BCUT2D eigenvalue weighted by molar-refractivity contribution is -0.137. The van der Waals surface area contributed by atoms with Crippen LogP contribution in [0.5, 0.6) is 0 Å². The molecule has 0 saturated heterocycles. The van der Waals surface area contributed by atoms with Gasteiger partial charge in [-0.25, -0.2) is 0 Å². The first-order valence-corrected chi connectivity index (χ1v) is 5.72. The fourth-order valence-corrected chi connectivity index (χ4v) is 2.76. The SMILES string of the molecule is Cc1csc(CCCC(=O)O)c1Br. The van der Waals surface area contributed by atoms with Gasteiger partial charge in [0.25, 0.3) is 0 Å². The van der Waals surface area contributed by atoms with Crippen molar-refractivity contribution in [2.24, 2.45) is 0 Å². The number of halogens is 1. The molecule has 0 aliphatic heterocycles. The lowest BCUT2D eigenvalue weighted by Crippen LogP contribution is -1.95. The maximum atomic E-state index is 10.3. The molecule has 0 saturated carbocycles. The van der Waals surface area contributed by atoms with Crippen LogP contribution in [0, 0.1) is 6.92 Å². The Morgan fingerprint density at radius 2 is 2.38 bits per heavy atom. The Bertz CT molecular complexity index is 307. The van der Waals surface area contributed by atoms with E-state index in [-0.39, 0.29) is 6.42 Å². The van der Waals surface area contributed by atoms with Crippen LogP contribution in [-0.4, -0.2) is 11.1 Å². The highest BCUT2D eigenvalue weighted by Crippen LogP contribution is 2.28. The van der Waals surface area contributed by atoms with E-state index in [1.165, 1.54) is 10.4 Å². The fraction of sp³-hybridized carbons (Fsp3) is 0.444. The van der Waals surface area contributed by atoms with Crippen molar-refractivity contribution in [3.63, 3.8) is 0 Å².